The number of aliphatic imine (C=N–C) groups is 2. The number of carbonyl (C=O) groups excluding carboxylic acids is 1. The average Bonchev–Trinajstić information content (AvgIpc) is 2.86. The first kappa shape index (κ1) is 26.8. The number of pyridine rings is 1. The summed E-state index contributed by atoms with van der Waals surface area (Å²) in [5.41, 5.74) is 23.2. The SMILES string of the molecule is CN=C/C1=C(\N)c2ccc(F)cc2[C@@H](C)Oc2cc(cnc2N)C(=NC2CCC2)/C(=C(\N)C(=O)N(C)C)C1. The molecule has 2 aliphatic rings. The third-order valence-corrected chi connectivity index (χ3v) is 6.83. The van der Waals surface area contributed by atoms with E-state index >= 15 is 0 Å². The number of aromatic nitrogens is 1. The third kappa shape index (κ3) is 5.39. The van der Waals surface area contributed by atoms with Gasteiger partial charge in [-0.3, -0.25) is 14.8 Å². The molecule has 1 aliphatic carbocycles. The molecule has 2 heterocycles. The van der Waals surface area contributed by atoms with Crippen molar-refractivity contribution in [2.24, 2.45) is 21.5 Å². The number of rotatable bonds is 3. The summed E-state index contributed by atoms with van der Waals surface area (Å²) in [5, 5.41) is 0. The standard InChI is InChI=1S/C28H34FN7O2/c1-15-21-12-18(29)8-9-20(21)24(30)16(13-33-2)10-22(25(31)28(37)36(3)4)26(35-19-6-5-7-19)17-11-23(38-15)27(32)34-14-17/h8-9,11-15,19H,5-7,10,30-31H2,1-4H3,(H2,32,34)/b24-16-,25-22-,33-13?,35-26?/t15-/m1/s1. The van der Waals surface area contributed by atoms with Gasteiger partial charge in [0.15, 0.2) is 11.6 Å². The van der Waals surface area contributed by atoms with E-state index in [-0.39, 0.29) is 29.9 Å². The summed E-state index contributed by atoms with van der Waals surface area (Å²) in [6.07, 6.45) is 5.71. The Kier molecular flexibility index (Phi) is 7.80. The van der Waals surface area contributed by atoms with Gasteiger partial charge in [0, 0.05) is 67.9 Å². The number of hydrogen-bond acceptors (Lipinski definition) is 8. The number of amides is 1. The highest BCUT2D eigenvalue weighted by Crippen LogP contribution is 2.35. The fourth-order valence-corrected chi connectivity index (χ4v) is 4.48. The summed E-state index contributed by atoms with van der Waals surface area (Å²) in [7, 11) is 4.90. The molecule has 10 heteroatoms. The second-order valence-electron chi connectivity index (χ2n) is 9.76. The highest BCUT2D eigenvalue weighted by Gasteiger charge is 2.27. The van der Waals surface area contributed by atoms with E-state index in [2.05, 4.69) is 9.98 Å². The van der Waals surface area contributed by atoms with Crippen LogP contribution in [0.1, 0.15) is 55.4 Å². The molecule has 38 heavy (non-hydrogen) atoms. The number of allylic oxidation sites excluding steroid dienone is 2. The number of nitrogens with zero attached hydrogens (tertiary/aromatic N) is 4. The molecule has 0 saturated heterocycles. The number of halogens is 1. The lowest BCUT2D eigenvalue weighted by molar-refractivity contribution is -0.124. The van der Waals surface area contributed by atoms with E-state index in [0.717, 1.165) is 19.3 Å². The molecule has 6 N–H and O–H groups in total. The van der Waals surface area contributed by atoms with Crippen molar-refractivity contribution in [3.05, 3.63) is 69.8 Å². The van der Waals surface area contributed by atoms with Gasteiger partial charge in [-0.05, 0) is 56.0 Å². The van der Waals surface area contributed by atoms with Crippen molar-refractivity contribution in [1.29, 1.82) is 0 Å². The molecule has 0 unspecified atom stereocenters. The Morgan fingerprint density at radius 3 is 2.61 bits per heavy atom. The van der Waals surface area contributed by atoms with Gasteiger partial charge in [-0.15, -0.1) is 0 Å². The van der Waals surface area contributed by atoms with Crippen molar-refractivity contribution in [1.82, 2.24) is 9.88 Å². The Morgan fingerprint density at radius 1 is 1.24 bits per heavy atom. The van der Waals surface area contributed by atoms with Crippen LogP contribution in [-0.4, -0.2) is 54.9 Å². The molecule has 1 atom stereocenters. The average molecular weight is 520 g/mol. The van der Waals surface area contributed by atoms with Crippen LogP contribution in [0, 0.1) is 5.82 Å². The van der Waals surface area contributed by atoms with E-state index in [0.29, 0.717) is 45.0 Å². The number of anilines is 1. The summed E-state index contributed by atoms with van der Waals surface area (Å²) in [6.45, 7) is 1.79. The zero-order valence-electron chi connectivity index (χ0n) is 22.2. The molecule has 1 aromatic heterocycles. The van der Waals surface area contributed by atoms with Gasteiger partial charge in [0.2, 0.25) is 0 Å². The van der Waals surface area contributed by atoms with Crippen LogP contribution in [0.5, 0.6) is 5.75 Å². The van der Waals surface area contributed by atoms with E-state index in [1.807, 2.05) is 0 Å². The van der Waals surface area contributed by atoms with Crippen LogP contribution >= 0.6 is 0 Å². The first-order valence-corrected chi connectivity index (χ1v) is 12.5. The Labute approximate surface area is 222 Å². The van der Waals surface area contributed by atoms with Crippen molar-refractivity contribution in [3.63, 3.8) is 0 Å². The van der Waals surface area contributed by atoms with Crippen LogP contribution < -0.4 is 21.9 Å². The van der Waals surface area contributed by atoms with E-state index in [1.54, 1.807) is 52.6 Å². The quantitative estimate of drug-likeness (QED) is 0.419. The van der Waals surface area contributed by atoms with Gasteiger partial charge in [0.05, 0.1) is 11.8 Å². The lowest BCUT2D eigenvalue weighted by atomic mass is 9.89. The lowest BCUT2D eigenvalue weighted by Crippen LogP contribution is -2.31. The minimum atomic E-state index is -0.611. The number of hydrogen-bond donors (Lipinski definition) is 3. The molecule has 2 bridgehead atoms. The normalized spacial score (nSPS) is 22.7. The summed E-state index contributed by atoms with van der Waals surface area (Å²) in [5.74, 6) is -0.317. The van der Waals surface area contributed by atoms with E-state index in [4.69, 9.17) is 26.9 Å². The Bertz CT molecular complexity index is 1370. The monoisotopic (exact) mass is 519 g/mol. The van der Waals surface area contributed by atoms with Gasteiger partial charge in [-0.25, -0.2) is 9.37 Å². The minimum absolute atomic E-state index is 0.0342. The number of ether oxygens (including phenoxy) is 1. The van der Waals surface area contributed by atoms with Gasteiger partial charge in [-0.2, -0.15) is 0 Å². The molecule has 1 fully saturated rings. The van der Waals surface area contributed by atoms with Crippen molar-refractivity contribution in [3.8, 4) is 5.75 Å². The van der Waals surface area contributed by atoms with E-state index in [9.17, 15) is 9.18 Å². The Balaban J connectivity index is 2.08. The predicted molar refractivity (Wildman–Crippen MR) is 148 cm³/mol. The van der Waals surface area contributed by atoms with E-state index in [1.165, 1.54) is 17.0 Å². The van der Waals surface area contributed by atoms with Crippen LogP contribution in [-0.2, 0) is 4.79 Å². The summed E-state index contributed by atoms with van der Waals surface area (Å²) < 4.78 is 20.6. The molecule has 200 valence electrons. The lowest BCUT2D eigenvalue weighted by Gasteiger charge is -2.26. The maximum atomic E-state index is 14.4. The fourth-order valence-electron chi connectivity index (χ4n) is 4.48. The molecule has 1 saturated carbocycles. The summed E-state index contributed by atoms with van der Waals surface area (Å²) >= 11 is 0. The highest BCUT2D eigenvalue weighted by molar-refractivity contribution is 6.17. The number of nitrogens with two attached hydrogens (primary N) is 3. The van der Waals surface area contributed by atoms with Crippen LogP contribution in [0.3, 0.4) is 0 Å². The predicted octanol–water partition coefficient (Wildman–Crippen LogP) is 3.36. The van der Waals surface area contributed by atoms with Crippen LogP contribution in [0.25, 0.3) is 5.70 Å². The summed E-state index contributed by atoms with van der Waals surface area (Å²) in [6, 6.07) is 6.16. The first-order chi connectivity index (χ1) is 18.1. The van der Waals surface area contributed by atoms with Gasteiger partial charge in [0.1, 0.15) is 17.6 Å². The number of carbonyl (C=O) groups is 1. The van der Waals surface area contributed by atoms with Crippen molar-refractivity contribution >= 4 is 29.3 Å². The smallest absolute Gasteiger partial charge is 0.269 e. The maximum absolute atomic E-state index is 14.4. The number of likely N-dealkylation sites (N-methyl/N-ethyl adjacent to an activating group) is 1. The molecule has 4 rings (SSSR count). The number of benzene rings is 1. The second kappa shape index (κ2) is 11.0. The third-order valence-electron chi connectivity index (χ3n) is 6.83. The van der Waals surface area contributed by atoms with Gasteiger partial charge < -0.3 is 26.8 Å². The molecular formula is C28H34FN7O2. The van der Waals surface area contributed by atoms with Gasteiger partial charge in [-0.1, -0.05) is 0 Å². The van der Waals surface area contributed by atoms with Crippen LogP contribution in [0.15, 0.2) is 57.3 Å². The molecule has 0 radical (unpaired) electrons. The molecular weight excluding hydrogens is 485 g/mol. The van der Waals surface area contributed by atoms with Crippen molar-refractivity contribution < 1.29 is 13.9 Å². The molecule has 1 aliphatic heterocycles. The topological polar surface area (TPSA) is 145 Å². The van der Waals surface area contributed by atoms with Gasteiger partial charge >= 0.3 is 0 Å². The number of nitrogen functional groups attached to an aromatic ring is 1. The minimum Gasteiger partial charge on any atom is -0.482 e. The Hall–Kier alpha value is -4.21. The second-order valence-corrected chi connectivity index (χ2v) is 9.76. The van der Waals surface area contributed by atoms with Crippen LogP contribution in [0.4, 0.5) is 10.2 Å². The fraction of sp³-hybridized carbons (Fsp3) is 0.357. The first-order valence-electron chi connectivity index (χ1n) is 12.5. The maximum Gasteiger partial charge on any atom is 0.269 e. The molecule has 9 nitrogen and oxygen atoms in total. The van der Waals surface area contributed by atoms with Crippen LogP contribution in [0.2, 0.25) is 0 Å². The zero-order chi connectivity index (χ0) is 27.6. The largest absolute Gasteiger partial charge is 0.482 e. The Morgan fingerprint density at radius 2 is 1.97 bits per heavy atom. The zero-order valence-corrected chi connectivity index (χ0v) is 22.2. The summed E-state index contributed by atoms with van der Waals surface area (Å²) in [4.78, 5) is 28.2. The van der Waals surface area contributed by atoms with E-state index < -0.39 is 11.9 Å². The molecule has 0 spiro atoms. The van der Waals surface area contributed by atoms with Gasteiger partial charge in [0.25, 0.3) is 5.91 Å². The molecule has 2 aromatic rings. The highest BCUT2D eigenvalue weighted by atomic mass is 19.1. The molecule has 1 amide bonds. The number of fused-ring (bicyclic) bond motifs is 3. The van der Waals surface area contributed by atoms with Crippen molar-refractivity contribution in [2.45, 2.75) is 44.8 Å². The molecule has 1 aromatic carbocycles. The van der Waals surface area contributed by atoms with Crippen molar-refractivity contribution in [2.75, 3.05) is 26.9 Å².